The molecule has 2 rings (SSSR count). The molecular formula is C16H30N2O2. The quantitative estimate of drug-likeness (QED) is 0.753. The van der Waals surface area contributed by atoms with Gasteiger partial charge in [0.05, 0.1) is 6.10 Å². The van der Waals surface area contributed by atoms with E-state index in [1.807, 2.05) is 0 Å². The van der Waals surface area contributed by atoms with E-state index in [4.69, 9.17) is 10.5 Å². The van der Waals surface area contributed by atoms with E-state index in [2.05, 4.69) is 19.2 Å². The summed E-state index contributed by atoms with van der Waals surface area (Å²) in [5.74, 6) is 0.137. The molecule has 116 valence electrons. The first-order valence-electron chi connectivity index (χ1n) is 8.24. The summed E-state index contributed by atoms with van der Waals surface area (Å²) in [7, 11) is 0. The monoisotopic (exact) mass is 282 g/mol. The highest BCUT2D eigenvalue weighted by Gasteiger charge is 2.47. The van der Waals surface area contributed by atoms with E-state index in [1.165, 1.54) is 25.7 Å². The van der Waals surface area contributed by atoms with Gasteiger partial charge in [0, 0.05) is 12.6 Å². The van der Waals surface area contributed by atoms with Crippen molar-refractivity contribution in [2.75, 3.05) is 6.61 Å². The van der Waals surface area contributed by atoms with Gasteiger partial charge in [-0.3, -0.25) is 4.79 Å². The number of hydrogen-bond acceptors (Lipinski definition) is 3. The van der Waals surface area contributed by atoms with E-state index in [0.717, 1.165) is 32.3 Å². The smallest absolute Gasteiger partial charge is 0.238 e. The number of nitrogens with two attached hydrogens (primary N) is 1. The van der Waals surface area contributed by atoms with Crippen molar-refractivity contribution in [2.45, 2.75) is 82.9 Å². The van der Waals surface area contributed by atoms with Crippen molar-refractivity contribution in [3.8, 4) is 0 Å². The van der Waals surface area contributed by atoms with Crippen LogP contribution in [0.1, 0.15) is 65.2 Å². The van der Waals surface area contributed by atoms with Gasteiger partial charge < -0.3 is 15.8 Å². The van der Waals surface area contributed by atoms with Crippen molar-refractivity contribution >= 4 is 5.91 Å². The van der Waals surface area contributed by atoms with E-state index in [-0.39, 0.29) is 11.9 Å². The number of amides is 1. The Bertz CT molecular complexity index is 326. The number of nitrogens with one attached hydrogen (secondary N) is 1. The topological polar surface area (TPSA) is 64.3 Å². The molecule has 0 bridgehead atoms. The Labute approximate surface area is 122 Å². The first-order valence-corrected chi connectivity index (χ1v) is 8.24. The van der Waals surface area contributed by atoms with Crippen LogP contribution in [0.5, 0.6) is 0 Å². The maximum atomic E-state index is 12.0. The van der Waals surface area contributed by atoms with Gasteiger partial charge in [0.1, 0.15) is 5.54 Å². The van der Waals surface area contributed by atoms with Crippen LogP contribution >= 0.6 is 0 Å². The minimum absolute atomic E-state index is 0.186. The summed E-state index contributed by atoms with van der Waals surface area (Å²) in [5, 5.41) is 3.45. The number of hydrogen-bond donors (Lipinski definition) is 2. The molecular weight excluding hydrogens is 252 g/mol. The summed E-state index contributed by atoms with van der Waals surface area (Å²) >= 11 is 0. The Balaban J connectivity index is 1.88. The van der Waals surface area contributed by atoms with Crippen LogP contribution in [0.25, 0.3) is 0 Å². The molecule has 0 heterocycles. The maximum absolute atomic E-state index is 12.0. The molecule has 0 aromatic rings. The molecule has 2 aliphatic rings. The van der Waals surface area contributed by atoms with Crippen LogP contribution < -0.4 is 11.1 Å². The Morgan fingerprint density at radius 3 is 2.60 bits per heavy atom. The molecule has 0 saturated heterocycles. The fourth-order valence-electron chi connectivity index (χ4n) is 4.00. The third-order valence-corrected chi connectivity index (χ3v) is 4.93. The summed E-state index contributed by atoms with van der Waals surface area (Å²) in [4.78, 5) is 12.0. The predicted molar refractivity (Wildman–Crippen MR) is 80.4 cm³/mol. The van der Waals surface area contributed by atoms with E-state index in [0.29, 0.717) is 12.0 Å². The average Bonchev–Trinajstić information content (AvgIpc) is 2.99. The number of primary amides is 1. The molecule has 2 atom stereocenters. The molecule has 0 radical (unpaired) electrons. The highest BCUT2D eigenvalue weighted by molar-refractivity contribution is 5.85. The summed E-state index contributed by atoms with van der Waals surface area (Å²) in [5.41, 5.74) is 5.22. The number of carbonyl (C=O) groups excluding carboxylic acids is 1. The Kier molecular flexibility index (Phi) is 5.44. The molecule has 4 heteroatoms. The van der Waals surface area contributed by atoms with Crippen molar-refractivity contribution in [1.82, 2.24) is 5.32 Å². The van der Waals surface area contributed by atoms with Gasteiger partial charge in [-0.15, -0.1) is 0 Å². The van der Waals surface area contributed by atoms with Gasteiger partial charge in [0.2, 0.25) is 5.91 Å². The number of rotatable bonds is 7. The summed E-state index contributed by atoms with van der Waals surface area (Å²) < 4.78 is 5.96. The predicted octanol–water partition coefficient (Wildman–Crippen LogP) is 2.36. The van der Waals surface area contributed by atoms with Crippen molar-refractivity contribution < 1.29 is 9.53 Å². The SMILES string of the molecule is CC(C)NC1(C(N)=O)CCCC1CCOC1CCCC1. The summed E-state index contributed by atoms with van der Waals surface area (Å²) in [6.45, 7) is 4.92. The van der Waals surface area contributed by atoms with Gasteiger partial charge in [-0.25, -0.2) is 0 Å². The lowest BCUT2D eigenvalue weighted by atomic mass is 9.83. The van der Waals surface area contributed by atoms with Crippen molar-refractivity contribution in [1.29, 1.82) is 0 Å². The van der Waals surface area contributed by atoms with Crippen LogP contribution in [-0.4, -0.2) is 30.2 Å². The Hall–Kier alpha value is -0.610. The lowest BCUT2D eigenvalue weighted by Gasteiger charge is -2.35. The second kappa shape index (κ2) is 6.90. The molecule has 0 aromatic heterocycles. The van der Waals surface area contributed by atoms with Crippen molar-refractivity contribution in [2.24, 2.45) is 11.7 Å². The molecule has 0 aliphatic heterocycles. The van der Waals surface area contributed by atoms with Crippen LogP contribution in [0.2, 0.25) is 0 Å². The van der Waals surface area contributed by atoms with E-state index in [9.17, 15) is 4.79 Å². The lowest BCUT2D eigenvalue weighted by Crippen LogP contribution is -2.60. The summed E-state index contributed by atoms with van der Waals surface area (Å²) in [6.07, 6.45) is 9.44. The van der Waals surface area contributed by atoms with E-state index < -0.39 is 5.54 Å². The molecule has 2 unspecified atom stereocenters. The maximum Gasteiger partial charge on any atom is 0.238 e. The lowest BCUT2D eigenvalue weighted by molar-refractivity contribution is -0.126. The minimum atomic E-state index is -0.507. The number of carbonyl (C=O) groups is 1. The van der Waals surface area contributed by atoms with Crippen LogP contribution in [0, 0.1) is 5.92 Å². The van der Waals surface area contributed by atoms with Crippen LogP contribution in [-0.2, 0) is 9.53 Å². The molecule has 2 saturated carbocycles. The van der Waals surface area contributed by atoms with E-state index in [1.54, 1.807) is 0 Å². The third-order valence-electron chi connectivity index (χ3n) is 4.93. The Morgan fingerprint density at radius 1 is 1.30 bits per heavy atom. The molecule has 3 N–H and O–H groups in total. The first-order chi connectivity index (χ1) is 9.54. The van der Waals surface area contributed by atoms with Crippen LogP contribution in [0.15, 0.2) is 0 Å². The fourth-order valence-corrected chi connectivity index (χ4v) is 4.00. The van der Waals surface area contributed by atoms with Gasteiger partial charge in [-0.05, 0) is 51.9 Å². The van der Waals surface area contributed by atoms with Gasteiger partial charge in [0.15, 0.2) is 0 Å². The molecule has 0 spiro atoms. The zero-order valence-electron chi connectivity index (χ0n) is 13.0. The standard InChI is InChI=1S/C16H30N2O2/c1-12(2)18-16(15(17)19)10-5-6-13(16)9-11-20-14-7-3-4-8-14/h12-14,18H,3-11H2,1-2H3,(H2,17,19). The largest absolute Gasteiger partial charge is 0.378 e. The molecule has 2 aliphatic carbocycles. The molecule has 20 heavy (non-hydrogen) atoms. The second-order valence-electron chi connectivity index (χ2n) is 6.79. The molecule has 2 fully saturated rings. The highest BCUT2D eigenvalue weighted by atomic mass is 16.5. The number of ether oxygens (including phenoxy) is 1. The van der Waals surface area contributed by atoms with Gasteiger partial charge in [-0.1, -0.05) is 19.3 Å². The zero-order chi connectivity index (χ0) is 14.6. The average molecular weight is 282 g/mol. The van der Waals surface area contributed by atoms with Gasteiger partial charge in [0.25, 0.3) is 0 Å². The summed E-state index contributed by atoms with van der Waals surface area (Å²) in [6, 6.07) is 0.277. The molecule has 4 nitrogen and oxygen atoms in total. The van der Waals surface area contributed by atoms with Crippen molar-refractivity contribution in [3.05, 3.63) is 0 Å². The van der Waals surface area contributed by atoms with Crippen LogP contribution in [0.3, 0.4) is 0 Å². The first kappa shape index (κ1) is 15.8. The second-order valence-corrected chi connectivity index (χ2v) is 6.79. The third kappa shape index (κ3) is 3.53. The molecule has 0 aromatic carbocycles. The minimum Gasteiger partial charge on any atom is -0.378 e. The normalized spacial score (nSPS) is 31.2. The zero-order valence-corrected chi connectivity index (χ0v) is 13.0. The Morgan fingerprint density at radius 2 is 2.00 bits per heavy atom. The van der Waals surface area contributed by atoms with Crippen LogP contribution in [0.4, 0.5) is 0 Å². The molecule has 1 amide bonds. The van der Waals surface area contributed by atoms with Gasteiger partial charge in [-0.2, -0.15) is 0 Å². The fraction of sp³-hybridized carbons (Fsp3) is 0.938. The highest BCUT2D eigenvalue weighted by Crippen LogP contribution is 2.38. The van der Waals surface area contributed by atoms with E-state index >= 15 is 0 Å². The van der Waals surface area contributed by atoms with Gasteiger partial charge >= 0.3 is 0 Å². The van der Waals surface area contributed by atoms with Crippen molar-refractivity contribution in [3.63, 3.8) is 0 Å².